The fourth-order valence-electron chi connectivity index (χ4n) is 3.59. The van der Waals surface area contributed by atoms with E-state index < -0.39 is 10.0 Å². The molecule has 2 aromatic carbocycles. The van der Waals surface area contributed by atoms with E-state index in [1.807, 2.05) is 32.9 Å². The van der Waals surface area contributed by atoms with Crippen LogP contribution in [0.1, 0.15) is 45.3 Å². The Kier molecular flexibility index (Phi) is 5.30. The van der Waals surface area contributed by atoms with E-state index in [0.29, 0.717) is 22.3 Å². The highest BCUT2D eigenvalue weighted by molar-refractivity contribution is 7.91. The van der Waals surface area contributed by atoms with E-state index in [4.69, 9.17) is 16.0 Å². The fourth-order valence-corrected chi connectivity index (χ4v) is 5.26. The first kappa shape index (κ1) is 20.4. The number of rotatable bonds is 5. The molecule has 148 valence electrons. The minimum Gasteiger partial charge on any atom is -0.461 e. The van der Waals surface area contributed by atoms with E-state index in [-0.39, 0.29) is 22.2 Å². The second-order valence-corrected chi connectivity index (χ2v) is 9.29. The van der Waals surface area contributed by atoms with Gasteiger partial charge in [0, 0.05) is 11.5 Å². The van der Waals surface area contributed by atoms with Crippen LogP contribution in [0.5, 0.6) is 0 Å². The van der Waals surface area contributed by atoms with Gasteiger partial charge in [-0.15, -0.1) is 0 Å². The van der Waals surface area contributed by atoms with Crippen LogP contribution in [-0.2, 0) is 15.8 Å². The molecule has 0 atom stereocenters. The largest absolute Gasteiger partial charge is 0.461 e. The lowest BCUT2D eigenvalue weighted by atomic mass is 10.0. The molecule has 28 heavy (non-hydrogen) atoms. The molecular weight excluding hydrogens is 398 g/mol. The van der Waals surface area contributed by atoms with Crippen LogP contribution in [0.2, 0.25) is 5.02 Å². The summed E-state index contributed by atoms with van der Waals surface area (Å²) < 4.78 is 33.8. The molecule has 5 nitrogen and oxygen atoms in total. The Morgan fingerprint density at radius 3 is 2.25 bits per heavy atom. The molecule has 1 heterocycles. The molecule has 0 unspecified atom stereocenters. The molecule has 0 aliphatic heterocycles. The summed E-state index contributed by atoms with van der Waals surface area (Å²) in [6.07, 6.45) is 0. The van der Waals surface area contributed by atoms with Crippen LogP contribution in [0.4, 0.5) is 5.69 Å². The third-order valence-corrected chi connectivity index (χ3v) is 6.26. The second kappa shape index (κ2) is 7.26. The van der Waals surface area contributed by atoms with E-state index >= 15 is 0 Å². The minimum absolute atomic E-state index is 0.154. The lowest BCUT2D eigenvalue weighted by Crippen LogP contribution is -2.17. The highest BCUT2D eigenvalue weighted by Gasteiger charge is 2.21. The zero-order chi connectivity index (χ0) is 20.8. The van der Waals surface area contributed by atoms with Crippen molar-refractivity contribution in [1.82, 2.24) is 0 Å². The van der Waals surface area contributed by atoms with Crippen molar-refractivity contribution in [2.75, 3.05) is 4.72 Å². The van der Waals surface area contributed by atoms with Crippen molar-refractivity contribution < 1.29 is 17.6 Å². The molecular formula is C21H22ClNO4S. The van der Waals surface area contributed by atoms with E-state index in [2.05, 4.69) is 4.72 Å². The molecule has 3 aromatic rings. The Morgan fingerprint density at radius 1 is 1.07 bits per heavy atom. The summed E-state index contributed by atoms with van der Waals surface area (Å²) in [5.74, 6) is 0.159. The number of aryl methyl sites for hydroxylation is 4. The van der Waals surface area contributed by atoms with Gasteiger partial charge in [0.25, 0.3) is 0 Å². The third kappa shape index (κ3) is 3.93. The Bertz CT molecular complexity index is 1190. The molecule has 0 amide bonds. The van der Waals surface area contributed by atoms with Crippen LogP contribution in [0.3, 0.4) is 0 Å². The number of benzene rings is 2. The Balaban J connectivity index is 2.00. The third-order valence-electron chi connectivity index (χ3n) is 4.75. The van der Waals surface area contributed by atoms with Crippen molar-refractivity contribution in [2.45, 2.75) is 40.4 Å². The van der Waals surface area contributed by atoms with Gasteiger partial charge in [-0.1, -0.05) is 29.3 Å². The van der Waals surface area contributed by atoms with E-state index in [1.165, 1.54) is 13.0 Å². The SMILES string of the molecule is CC(=O)c1c(C)oc2cc(Cl)c(NS(=O)(=O)Cc3c(C)cc(C)cc3C)cc12. The molecule has 0 spiro atoms. The number of Topliss-reactive ketones (excluding diaryl/α,β-unsaturated/α-hetero) is 1. The number of hydrogen-bond acceptors (Lipinski definition) is 4. The summed E-state index contributed by atoms with van der Waals surface area (Å²) in [5.41, 5.74) is 4.80. The number of hydrogen-bond donors (Lipinski definition) is 1. The number of carbonyl (C=O) groups is 1. The Labute approximate surface area is 169 Å². The average Bonchev–Trinajstić information content (AvgIpc) is 2.86. The maximum Gasteiger partial charge on any atom is 0.236 e. The minimum atomic E-state index is -3.71. The molecule has 0 saturated heterocycles. The molecule has 0 saturated carbocycles. The number of furan rings is 1. The van der Waals surface area contributed by atoms with E-state index in [9.17, 15) is 13.2 Å². The first-order chi connectivity index (χ1) is 13.0. The molecule has 0 fully saturated rings. The highest BCUT2D eigenvalue weighted by atomic mass is 35.5. The van der Waals surface area contributed by atoms with Gasteiger partial charge in [-0.05, 0) is 57.4 Å². The van der Waals surface area contributed by atoms with Gasteiger partial charge in [0.15, 0.2) is 5.78 Å². The Hall–Kier alpha value is -2.31. The molecule has 0 radical (unpaired) electrons. The number of nitrogens with one attached hydrogen (secondary N) is 1. The van der Waals surface area contributed by atoms with E-state index in [1.54, 1.807) is 13.0 Å². The van der Waals surface area contributed by atoms with E-state index in [0.717, 1.165) is 22.3 Å². The zero-order valence-electron chi connectivity index (χ0n) is 16.4. The van der Waals surface area contributed by atoms with Crippen LogP contribution in [0.15, 0.2) is 28.7 Å². The average molecular weight is 420 g/mol. The van der Waals surface area contributed by atoms with Crippen molar-refractivity contribution in [1.29, 1.82) is 0 Å². The van der Waals surface area contributed by atoms with Crippen LogP contribution in [0.25, 0.3) is 11.0 Å². The van der Waals surface area contributed by atoms with Gasteiger partial charge in [0.2, 0.25) is 10.0 Å². The van der Waals surface area contributed by atoms with Gasteiger partial charge in [0.1, 0.15) is 11.3 Å². The number of sulfonamides is 1. The van der Waals surface area contributed by atoms with Gasteiger partial charge >= 0.3 is 0 Å². The summed E-state index contributed by atoms with van der Waals surface area (Å²) in [7, 11) is -3.71. The molecule has 1 aromatic heterocycles. The Morgan fingerprint density at radius 2 is 1.68 bits per heavy atom. The number of carbonyl (C=O) groups excluding carboxylic acids is 1. The number of fused-ring (bicyclic) bond motifs is 1. The molecule has 0 aliphatic carbocycles. The molecule has 7 heteroatoms. The predicted octanol–water partition coefficient (Wildman–Crippen LogP) is 5.46. The maximum absolute atomic E-state index is 12.8. The van der Waals surface area contributed by atoms with Crippen molar-refractivity contribution in [3.05, 3.63) is 62.9 Å². The van der Waals surface area contributed by atoms with Crippen LogP contribution in [-0.4, -0.2) is 14.2 Å². The van der Waals surface area contributed by atoms with Crippen molar-refractivity contribution in [2.24, 2.45) is 0 Å². The summed E-state index contributed by atoms with van der Waals surface area (Å²) >= 11 is 6.26. The predicted molar refractivity (Wildman–Crippen MR) is 113 cm³/mol. The smallest absolute Gasteiger partial charge is 0.236 e. The van der Waals surface area contributed by atoms with Crippen LogP contribution in [0, 0.1) is 27.7 Å². The quantitative estimate of drug-likeness (QED) is 0.556. The van der Waals surface area contributed by atoms with Crippen molar-refractivity contribution >= 4 is 44.1 Å². The molecule has 3 rings (SSSR count). The normalized spacial score (nSPS) is 11.8. The second-order valence-electron chi connectivity index (χ2n) is 7.16. The summed E-state index contributed by atoms with van der Waals surface area (Å²) in [6, 6.07) is 7.00. The lowest BCUT2D eigenvalue weighted by Gasteiger charge is -2.14. The summed E-state index contributed by atoms with van der Waals surface area (Å²) in [5, 5.41) is 0.743. The van der Waals surface area contributed by atoms with Gasteiger partial charge in [0.05, 0.1) is 22.0 Å². The number of ketones is 1. The first-order valence-electron chi connectivity index (χ1n) is 8.79. The standard InChI is InChI=1S/C21H22ClNO4S/c1-11-6-12(2)17(13(3)7-11)10-28(25,26)23-19-8-16-20(9-18(19)22)27-15(5)21(16)14(4)24/h6-9,23H,10H2,1-5H3. The van der Waals surface area contributed by atoms with Gasteiger partial charge in [-0.2, -0.15) is 0 Å². The van der Waals surface area contributed by atoms with Crippen molar-refractivity contribution in [3.8, 4) is 0 Å². The number of anilines is 1. The summed E-state index contributed by atoms with van der Waals surface area (Å²) in [4.78, 5) is 11.9. The van der Waals surface area contributed by atoms with Crippen LogP contribution < -0.4 is 4.72 Å². The van der Waals surface area contributed by atoms with Gasteiger partial charge < -0.3 is 4.42 Å². The number of halogens is 1. The monoisotopic (exact) mass is 419 g/mol. The van der Waals surface area contributed by atoms with Gasteiger partial charge in [-0.3, -0.25) is 9.52 Å². The first-order valence-corrected chi connectivity index (χ1v) is 10.8. The molecule has 1 N–H and O–H groups in total. The topological polar surface area (TPSA) is 76.4 Å². The summed E-state index contributed by atoms with van der Waals surface area (Å²) in [6.45, 7) is 8.91. The lowest BCUT2D eigenvalue weighted by molar-refractivity contribution is 0.101. The van der Waals surface area contributed by atoms with Crippen LogP contribution >= 0.6 is 11.6 Å². The zero-order valence-corrected chi connectivity index (χ0v) is 18.0. The fraction of sp³-hybridized carbons (Fsp3) is 0.286. The molecule has 0 bridgehead atoms. The maximum atomic E-state index is 12.8. The molecule has 0 aliphatic rings. The van der Waals surface area contributed by atoms with Crippen molar-refractivity contribution in [3.63, 3.8) is 0 Å². The van der Waals surface area contributed by atoms with Gasteiger partial charge in [-0.25, -0.2) is 8.42 Å². The highest BCUT2D eigenvalue weighted by Crippen LogP contribution is 2.34.